The van der Waals surface area contributed by atoms with Gasteiger partial charge in [-0.1, -0.05) is 0 Å². The zero-order chi connectivity index (χ0) is 13.0. The Bertz CT molecular complexity index is 549. The first-order valence-electron chi connectivity index (χ1n) is 5.23. The summed E-state index contributed by atoms with van der Waals surface area (Å²) in [5.74, 6) is -0.00575. The normalized spacial score (nSPS) is 9.83. The Morgan fingerprint density at radius 2 is 1.89 bits per heavy atom. The lowest BCUT2D eigenvalue weighted by molar-refractivity contribution is 0.101. The summed E-state index contributed by atoms with van der Waals surface area (Å²) in [7, 11) is 0. The first kappa shape index (κ1) is 12.3. The largest absolute Gasteiger partial charge is 0.325 e. The number of nitrogens with one attached hydrogen (secondary N) is 2. The molecule has 0 unspecified atom stereocenters. The van der Waals surface area contributed by atoms with Crippen molar-refractivity contribution in [1.29, 1.82) is 0 Å². The molecule has 0 radical (unpaired) electrons. The minimum Gasteiger partial charge on any atom is -0.308 e. The number of carbonyl (C=O) groups excluding carboxylic acids is 2. The number of Topliss-reactive ketones (excluding diaryl/α,β-unsaturated/α-hetero) is 1. The van der Waals surface area contributed by atoms with Crippen LogP contribution in [0.4, 0.5) is 15.6 Å². The van der Waals surface area contributed by atoms with Crippen LogP contribution in [0, 0.1) is 0 Å². The molecular formula is C12H11N3O2S. The molecule has 0 bridgehead atoms. The molecule has 0 aliphatic carbocycles. The third-order valence-corrected chi connectivity index (χ3v) is 2.89. The molecule has 5 nitrogen and oxygen atoms in total. The standard InChI is InChI=1S/C12H11N3O2S/c1-8(16)9-2-4-10(5-3-9)14-11(17)15-12-13-6-7-18-12/h2-7H,1H3,(H2,13,14,15,17). The number of rotatable bonds is 3. The monoisotopic (exact) mass is 261 g/mol. The van der Waals surface area contributed by atoms with Gasteiger partial charge in [-0.15, -0.1) is 11.3 Å². The fourth-order valence-corrected chi connectivity index (χ4v) is 1.86. The second-order valence-corrected chi connectivity index (χ2v) is 4.44. The van der Waals surface area contributed by atoms with Crippen molar-refractivity contribution in [3.8, 4) is 0 Å². The Kier molecular flexibility index (Phi) is 3.69. The van der Waals surface area contributed by atoms with Gasteiger partial charge in [-0.3, -0.25) is 10.1 Å². The van der Waals surface area contributed by atoms with Gasteiger partial charge >= 0.3 is 6.03 Å². The van der Waals surface area contributed by atoms with E-state index in [4.69, 9.17) is 0 Å². The first-order valence-corrected chi connectivity index (χ1v) is 6.11. The molecule has 1 heterocycles. The van der Waals surface area contributed by atoms with Crippen LogP contribution in [0.15, 0.2) is 35.8 Å². The summed E-state index contributed by atoms with van der Waals surface area (Å²) in [6.45, 7) is 1.50. The van der Waals surface area contributed by atoms with Crippen LogP contribution in [0.5, 0.6) is 0 Å². The molecule has 2 N–H and O–H groups in total. The number of nitrogens with zero attached hydrogens (tertiary/aromatic N) is 1. The van der Waals surface area contributed by atoms with Crippen molar-refractivity contribution in [3.05, 3.63) is 41.4 Å². The van der Waals surface area contributed by atoms with E-state index in [0.717, 1.165) is 0 Å². The molecule has 0 atom stereocenters. The minimum absolute atomic E-state index is 0.00575. The molecule has 0 aliphatic heterocycles. The highest BCUT2D eigenvalue weighted by atomic mass is 32.1. The molecule has 0 spiro atoms. The number of hydrogen-bond acceptors (Lipinski definition) is 4. The van der Waals surface area contributed by atoms with Crippen LogP contribution in [0.3, 0.4) is 0 Å². The molecule has 1 aromatic carbocycles. The van der Waals surface area contributed by atoms with Gasteiger partial charge in [-0.25, -0.2) is 9.78 Å². The Morgan fingerprint density at radius 1 is 1.17 bits per heavy atom. The van der Waals surface area contributed by atoms with Gasteiger partial charge in [0.25, 0.3) is 0 Å². The second kappa shape index (κ2) is 5.42. The number of amides is 2. The third kappa shape index (κ3) is 3.14. The summed E-state index contributed by atoms with van der Waals surface area (Å²) >= 11 is 1.34. The predicted octanol–water partition coefficient (Wildman–Crippen LogP) is 2.99. The molecule has 2 amide bonds. The quantitative estimate of drug-likeness (QED) is 0.834. The zero-order valence-corrected chi connectivity index (χ0v) is 10.5. The molecule has 92 valence electrons. The molecule has 0 saturated carbocycles. The topological polar surface area (TPSA) is 71.1 Å². The van der Waals surface area contributed by atoms with Crippen LogP contribution in [0.25, 0.3) is 0 Å². The Balaban J connectivity index is 1.97. The molecule has 1 aromatic heterocycles. The lowest BCUT2D eigenvalue weighted by atomic mass is 10.1. The summed E-state index contributed by atoms with van der Waals surface area (Å²) in [5, 5.41) is 7.56. The maximum atomic E-state index is 11.6. The van der Waals surface area contributed by atoms with Gasteiger partial charge in [-0.2, -0.15) is 0 Å². The predicted molar refractivity (Wildman–Crippen MR) is 71.2 cm³/mol. The van der Waals surface area contributed by atoms with Crippen LogP contribution < -0.4 is 10.6 Å². The van der Waals surface area contributed by atoms with E-state index in [1.165, 1.54) is 18.3 Å². The van der Waals surface area contributed by atoms with Gasteiger partial charge in [0.2, 0.25) is 0 Å². The molecule has 18 heavy (non-hydrogen) atoms. The van der Waals surface area contributed by atoms with Crippen molar-refractivity contribution in [3.63, 3.8) is 0 Å². The maximum absolute atomic E-state index is 11.6. The van der Waals surface area contributed by atoms with Gasteiger partial charge in [0, 0.05) is 22.8 Å². The summed E-state index contributed by atoms with van der Waals surface area (Å²) in [5.41, 5.74) is 1.23. The average molecular weight is 261 g/mol. The van der Waals surface area contributed by atoms with Crippen LogP contribution in [0.2, 0.25) is 0 Å². The Labute approximate surface area is 108 Å². The molecule has 0 fully saturated rings. The highest BCUT2D eigenvalue weighted by Gasteiger charge is 2.04. The van der Waals surface area contributed by atoms with Gasteiger partial charge in [0.1, 0.15) is 0 Å². The highest BCUT2D eigenvalue weighted by molar-refractivity contribution is 7.13. The van der Waals surface area contributed by atoms with E-state index in [2.05, 4.69) is 15.6 Å². The van der Waals surface area contributed by atoms with Crippen molar-refractivity contribution >= 4 is 34.0 Å². The van der Waals surface area contributed by atoms with Crippen molar-refractivity contribution in [2.24, 2.45) is 0 Å². The van der Waals surface area contributed by atoms with Crippen LogP contribution in [-0.2, 0) is 0 Å². The Morgan fingerprint density at radius 3 is 2.44 bits per heavy atom. The van der Waals surface area contributed by atoms with E-state index in [-0.39, 0.29) is 11.8 Å². The molecule has 0 saturated heterocycles. The summed E-state index contributed by atoms with van der Waals surface area (Å²) in [6.07, 6.45) is 1.61. The number of carbonyl (C=O) groups is 2. The SMILES string of the molecule is CC(=O)c1ccc(NC(=O)Nc2nccs2)cc1. The third-order valence-electron chi connectivity index (χ3n) is 2.20. The molecular weight excluding hydrogens is 250 g/mol. The molecule has 6 heteroatoms. The number of thiazole rings is 1. The van der Waals surface area contributed by atoms with E-state index < -0.39 is 0 Å². The van der Waals surface area contributed by atoms with Crippen LogP contribution >= 0.6 is 11.3 Å². The van der Waals surface area contributed by atoms with Crippen molar-refractivity contribution in [2.45, 2.75) is 6.92 Å². The van der Waals surface area contributed by atoms with E-state index in [0.29, 0.717) is 16.4 Å². The highest BCUT2D eigenvalue weighted by Crippen LogP contribution is 2.13. The fourth-order valence-electron chi connectivity index (χ4n) is 1.33. The van der Waals surface area contributed by atoms with Gasteiger partial charge in [-0.05, 0) is 31.2 Å². The smallest absolute Gasteiger partial charge is 0.308 e. The lowest BCUT2D eigenvalue weighted by Crippen LogP contribution is -2.19. The van der Waals surface area contributed by atoms with Crippen LogP contribution in [0.1, 0.15) is 17.3 Å². The summed E-state index contributed by atoms with van der Waals surface area (Å²) in [4.78, 5) is 26.6. The summed E-state index contributed by atoms with van der Waals surface area (Å²) < 4.78 is 0. The Hall–Kier alpha value is -2.21. The van der Waals surface area contributed by atoms with Gasteiger partial charge in [0.05, 0.1) is 0 Å². The van der Waals surface area contributed by atoms with E-state index in [1.807, 2.05) is 0 Å². The number of hydrogen-bond donors (Lipinski definition) is 2. The van der Waals surface area contributed by atoms with Gasteiger partial charge < -0.3 is 5.32 Å². The molecule has 0 aliphatic rings. The fraction of sp³-hybridized carbons (Fsp3) is 0.0833. The number of aromatic nitrogens is 1. The lowest BCUT2D eigenvalue weighted by Gasteiger charge is -2.05. The average Bonchev–Trinajstić information content (AvgIpc) is 2.82. The van der Waals surface area contributed by atoms with E-state index in [1.54, 1.807) is 35.8 Å². The van der Waals surface area contributed by atoms with Crippen molar-refractivity contribution < 1.29 is 9.59 Å². The number of benzene rings is 1. The van der Waals surface area contributed by atoms with Crippen molar-refractivity contribution in [1.82, 2.24) is 4.98 Å². The van der Waals surface area contributed by atoms with E-state index in [9.17, 15) is 9.59 Å². The van der Waals surface area contributed by atoms with Crippen molar-refractivity contribution in [2.75, 3.05) is 10.6 Å². The minimum atomic E-state index is -0.361. The second-order valence-electron chi connectivity index (χ2n) is 3.55. The number of ketones is 1. The molecule has 2 aromatic rings. The van der Waals surface area contributed by atoms with Crippen LogP contribution in [-0.4, -0.2) is 16.8 Å². The first-order chi connectivity index (χ1) is 8.65. The maximum Gasteiger partial charge on any atom is 0.325 e. The summed E-state index contributed by atoms with van der Waals surface area (Å²) in [6, 6.07) is 6.33. The zero-order valence-electron chi connectivity index (χ0n) is 9.64. The molecule has 2 rings (SSSR count). The van der Waals surface area contributed by atoms with Gasteiger partial charge in [0.15, 0.2) is 10.9 Å². The van der Waals surface area contributed by atoms with E-state index >= 15 is 0 Å². The number of anilines is 2. The number of urea groups is 1.